The molecule has 0 aliphatic rings. The van der Waals surface area contributed by atoms with E-state index in [0.717, 1.165) is 0 Å². The number of ether oxygens (including phenoxy) is 1. The van der Waals surface area contributed by atoms with E-state index >= 15 is 0 Å². The van der Waals surface area contributed by atoms with Crippen LogP contribution in [-0.4, -0.2) is 24.8 Å². The molecule has 142 valence electrons. The van der Waals surface area contributed by atoms with Gasteiger partial charge in [0, 0.05) is 10.6 Å². The first-order valence-electron chi connectivity index (χ1n) is 8.04. The zero-order valence-electron chi connectivity index (χ0n) is 14.3. The normalized spacial score (nSPS) is 10.4. The molecule has 6 nitrogen and oxygen atoms in total. The number of hydrogen-bond donors (Lipinski definition) is 1. The lowest BCUT2D eigenvalue weighted by atomic mass is 10.1. The summed E-state index contributed by atoms with van der Waals surface area (Å²) >= 11 is 11.8. The Bertz CT molecular complexity index is 1030. The highest BCUT2D eigenvalue weighted by Gasteiger charge is 2.13. The van der Waals surface area contributed by atoms with Crippen LogP contribution in [0.1, 0.15) is 20.9 Å². The van der Waals surface area contributed by atoms with Crippen LogP contribution in [0.15, 0.2) is 59.0 Å². The topological polar surface area (TPSA) is 85.6 Å². The predicted molar refractivity (Wildman–Crippen MR) is 105 cm³/mol. The van der Waals surface area contributed by atoms with Crippen LogP contribution in [0.2, 0.25) is 10.0 Å². The summed E-state index contributed by atoms with van der Waals surface area (Å²) < 4.78 is 10.3. The fourth-order valence-electron chi connectivity index (χ4n) is 2.34. The summed E-state index contributed by atoms with van der Waals surface area (Å²) in [6, 6.07) is 14.2. The molecule has 3 aromatic rings. The van der Waals surface area contributed by atoms with Crippen LogP contribution in [0.4, 0.5) is 5.69 Å². The van der Waals surface area contributed by atoms with Gasteiger partial charge in [0.15, 0.2) is 18.7 Å². The van der Waals surface area contributed by atoms with E-state index in [1.807, 2.05) is 0 Å². The zero-order valence-corrected chi connectivity index (χ0v) is 15.8. The third-order valence-corrected chi connectivity index (χ3v) is 4.25. The van der Waals surface area contributed by atoms with Crippen LogP contribution in [0.5, 0.6) is 0 Å². The van der Waals surface area contributed by atoms with E-state index < -0.39 is 18.5 Å². The number of esters is 1. The van der Waals surface area contributed by atoms with Crippen molar-refractivity contribution in [3.63, 3.8) is 0 Å². The van der Waals surface area contributed by atoms with Gasteiger partial charge in [-0.2, -0.15) is 0 Å². The minimum Gasteiger partial charge on any atom is -0.453 e. The van der Waals surface area contributed by atoms with Crippen molar-refractivity contribution in [1.29, 1.82) is 0 Å². The van der Waals surface area contributed by atoms with Crippen molar-refractivity contribution in [2.45, 2.75) is 0 Å². The van der Waals surface area contributed by atoms with Crippen LogP contribution in [0, 0.1) is 0 Å². The molecule has 0 aliphatic heterocycles. The number of aldehydes is 1. The number of amides is 1. The van der Waals surface area contributed by atoms with E-state index in [-0.39, 0.29) is 11.3 Å². The van der Waals surface area contributed by atoms with Gasteiger partial charge in [-0.25, -0.2) is 4.79 Å². The van der Waals surface area contributed by atoms with Crippen molar-refractivity contribution in [1.82, 2.24) is 0 Å². The second-order valence-corrected chi connectivity index (χ2v) is 6.49. The van der Waals surface area contributed by atoms with Crippen molar-refractivity contribution in [2.75, 3.05) is 11.9 Å². The Morgan fingerprint density at radius 3 is 2.46 bits per heavy atom. The standard InChI is InChI=1S/C20H13Cl2NO5/c21-14-5-7-16(22)17(9-14)23-19(25)11-27-20(26)13-3-1-12(2-4-13)18-8-6-15(10-24)28-18/h1-10H,11H2,(H,23,25). The Morgan fingerprint density at radius 2 is 1.79 bits per heavy atom. The smallest absolute Gasteiger partial charge is 0.338 e. The van der Waals surface area contributed by atoms with Gasteiger partial charge in [0.2, 0.25) is 0 Å². The highest BCUT2D eigenvalue weighted by molar-refractivity contribution is 6.35. The Balaban J connectivity index is 1.57. The molecule has 1 N–H and O–H groups in total. The van der Waals surface area contributed by atoms with Gasteiger partial charge in [0.25, 0.3) is 5.91 Å². The summed E-state index contributed by atoms with van der Waals surface area (Å²) in [5.41, 5.74) is 1.28. The summed E-state index contributed by atoms with van der Waals surface area (Å²) in [4.78, 5) is 34.7. The van der Waals surface area contributed by atoms with E-state index in [9.17, 15) is 14.4 Å². The SMILES string of the molecule is O=Cc1ccc(-c2ccc(C(=O)OCC(=O)Nc3cc(Cl)ccc3Cl)cc2)o1. The molecule has 0 saturated carbocycles. The molecule has 3 rings (SSSR count). The maximum atomic E-state index is 12.1. The van der Waals surface area contributed by atoms with Crippen LogP contribution in [0.25, 0.3) is 11.3 Å². The van der Waals surface area contributed by atoms with Gasteiger partial charge in [-0.15, -0.1) is 0 Å². The Kier molecular flexibility index (Phi) is 6.13. The second kappa shape index (κ2) is 8.73. The summed E-state index contributed by atoms with van der Waals surface area (Å²) in [5.74, 6) is -0.498. The average Bonchev–Trinajstić information content (AvgIpc) is 3.18. The van der Waals surface area contributed by atoms with E-state index in [1.54, 1.807) is 36.4 Å². The third-order valence-electron chi connectivity index (χ3n) is 3.68. The second-order valence-electron chi connectivity index (χ2n) is 5.65. The maximum Gasteiger partial charge on any atom is 0.338 e. The first-order valence-corrected chi connectivity index (χ1v) is 8.79. The van der Waals surface area contributed by atoms with Gasteiger partial charge in [0.05, 0.1) is 16.3 Å². The van der Waals surface area contributed by atoms with Crippen molar-refractivity contribution < 1.29 is 23.5 Å². The molecule has 0 bridgehead atoms. The number of halogens is 2. The third kappa shape index (κ3) is 4.79. The number of rotatable bonds is 6. The van der Waals surface area contributed by atoms with E-state index in [2.05, 4.69) is 5.32 Å². The molecule has 1 heterocycles. The van der Waals surface area contributed by atoms with Crippen LogP contribution < -0.4 is 5.32 Å². The highest BCUT2D eigenvalue weighted by atomic mass is 35.5. The summed E-state index contributed by atoms with van der Waals surface area (Å²) in [5, 5.41) is 3.25. The fraction of sp³-hybridized carbons (Fsp3) is 0.0500. The molecule has 1 aromatic heterocycles. The number of furan rings is 1. The minimum absolute atomic E-state index is 0.212. The number of hydrogen-bond acceptors (Lipinski definition) is 5. The van der Waals surface area contributed by atoms with E-state index in [4.69, 9.17) is 32.4 Å². The van der Waals surface area contributed by atoms with Crippen LogP contribution >= 0.6 is 23.2 Å². The molecule has 8 heteroatoms. The van der Waals surface area contributed by atoms with Crippen molar-refractivity contribution in [2.24, 2.45) is 0 Å². The quantitative estimate of drug-likeness (QED) is 0.457. The lowest BCUT2D eigenvalue weighted by Crippen LogP contribution is -2.21. The highest BCUT2D eigenvalue weighted by Crippen LogP contribution is 2.25. The van der Waals surface area contributed by atoms with Crippen molar-refractivity contribution in [3.8, 4) is 11.3 Å². The molecule has 2 aromatic carbocycles. The molecule has 0 saturated heterocycles. The molecular weight excluding hydrogens is 405 g/mol. The molecule has 0 spiro atoms. The van der Waals surface area contributed by atoms with Gasteiger partial charge in [-0.05, 0) is 42.5 Å². The Labute approximate surface area is 170 Å². The molecular formula is C20H13Cl2NO5. The van der Waals surface area contributed by atoms with Gasteiger partial charge in [0.1, 0.15) is 5.76 Å². The van der Waals surface area contributed by atoms with Gasteiger partial charge < -0.3 is 14.5 Å². The summed E-state index contributed by atoms with van der Waals surface area (Å²) in [7, 11) is 0. The maximum absolute atomic E-state index is 12.1. The molecule has 0 atom stereocenters. The largest absolute Gasteiger partial charge is 0.453 e. The lowest BCUT2D eigenvalue weighted by Gasteiger charge is -2.08. The summed E-state index contributed by atoms with van der Waals surface area (Å²) in [6.45, 7) is -0.482. The molecule has 0 unspecified atom stereocenters. The van der Waals surface area contributed by atoms with Gasteiger partial charge in [-0.1, -0.05) is 35.3 Å². The molecule has 0 aliphatic carbocycles. The number of benzene rings is 2. The molecule has 28 heavy (non-hydrogen) atoms. The van der Waals surface area contributed by atoms with Gasteiger partial charge >= 0.3 is 5.97 Å². The van der Waals surface area contributed by atoms with Crippen LogP contribution in [-0.2, 0) is 9.53 Å². The number of anilines is 1. The zero-order chi connectivity index (χ0) is 20.1. The Hall–Kier alpha value is -3.09. The van der Waals surface area contributed by atoms with Crippen LogP contribution in [0.3, 0.4) is 0 Å². The predicted octanol–water partition coefficient (Wildman–Crippen LogP) is 4.86. The monoisotopic (exact) mass is 417 g/mol. The Morgan fingerprint density at radius 1 is 1.04 bits per heavy atom. The molecule has 0 radical (unpaired) electrons. The minimum atomic E-state index is -0.660. The first kappa shape index (κ1) is 19.7. The average molecular weight is 418 g/mol. The fourth-order valence-corrected chi connectivity index (χ4v) is 2.67. The molecule has 1 amide bonds. The number of nitrogens with one attached hydrogen (secondary N) is 1. The number of carbonyl (C=O) groups excluding carboxylic acids is 3. The first-order chi connectivity index (χ1) is 13.5. The van der Waals surface area contributed by atoms with E-state index in [1.165, 1.54) is 18.2 Å². The number of carbonyl (C=O) groups is 3. The van der Waals surface area contributed by atoms with Crippen molar-refractivity contribution >= 4 is 47.1 Å². The molecule has 0 fully saturated rings. The van der Waals surface area contributed by atoms with E-state index in [0.29, 0.717) is 33.3 Å². The van der Waals surface area contributed by atoms with Crippen molar-refractivity contribution in [3.05, 3.63) is 76.0 Å². The lowest BCUT2D eigenvalue weighted by molar-refractivity contribution is -0.119. The van der Waals surface area contributed by atoms with Gasteiger partial charge in [-0.3, -0.25) is 9.59 Å². The summed E-state index contributed by atoms with van der Waals surface area (Å²) in [6.07, 6.45) is 0.608.